The molecule has 3 aromatic rings. The molecule has 2 aliphatic carbocycles. The van der Waals surface area contributed by atoms with E-state index in [2.05, 4.69) is 68.7 Å². The summed E-state index contributed by atoms with van der Waals surface area (Å²) in [5, 5.41) is 0. The third-order valence-corrected chi connectivity index (χ3v) is 9.34. The quantitative estimate of drug-likeness (QED) is 0.175. The summed E-state index contributed by atoms with van der Waals surface area (Å²) in [6.45, 7) is 3.20. The topological polar surface area (TPSA) is 26.3 Å². The van der Waals surface area contributed by atoms with E-state index in [1.807, 2.05) is 43.3 Å². The van der Waals surface area contributed by atoms with E-state index < -0.39 is 5.41 Å². The number of benzene rings is 3. The molecule has 3 aromatic carbocycles. The van der Waals surface area contributed by atoms with Gasteiger partial charge in [0.2, 0.25) is 0 Å². The number of rotatable bonds is 10. The second-order valence-corrected chi connectivity index (χ2v) is 12.0. The van der Waals surface area contributed by atoms with Gasteiger partial charge in [-0.2, -0.15) is 0 Å². The Balaban J connectivity index is 1.27. The summed E-state index contributed by atoms with van der Waals surface area (Å²) in [4.78, 5) is 14.0. The lowest BCUT2D eigenvalue weighted by molar-refractivity contribution is -0.918. The van der Waals surface area contributed by atoms with Crippen molar-refractivity contribution in [2.45, 2.75) is 63.0 Å². The lowest BCUT2D eigenvalue weighted by Crippen LogP contribution is -2.52. The fourth-order valence-electron chi connectivity index (χ4n) is 7.07. The largest absolute Gasteiger partial charge is 0.461 e. The van der Waals surface area contributed by atoms with Crippen molar-refractivity contribution in [3.63, 3.8) is 0 Å². The Labute approximate surface area is 223 Å². The van der Waals surface area contributed by atoms with Gasteiger partial charge in [-0.3, -0.25) is 4.79 Å². The summed E-state index contributed by atoms with van der Waals surface area (Å²) >= 11 is 0. The highest BCUT2D eigenvalue weighted by molar-refractivity contribution is 5.87. The van der Waals surface area contributed by atoms with Gasteiger partial charge in [0.1, 0.15) is 11.5 Å². The lowest BCUT2D eigenvalue weighted by atomic mass is 9.76. The minimum absolute atomic E-state index is 0.0333. The van der Waals surface area contributed by atoms with Gasteiger partial charge in [-0.05, 0) is 55.7 Å². The molecule has 2 saturated carbocycles. The van der Waals surface area contributed by atoms with Crippen LogP contribution in [-0.2, 0) is 21.4 Å². The minimum Gasteiger partial charge on any atom is -0.461 e. The van der Waals surface area contributed by atoms with Gasteiger partial charge in [0.05, 0.1) is 26.7 Å². The van der Waals surface area contributed by atoms with Crippen molar-refractivity contribution < 1.29 is 14.0 Å². The molecule has 0 saturated heterocycles. The molecule has 0 amide bonds. The Hall–Kier alpha value is -2.91. The molecule has 0 aliphatic heterocycles. The molecule has 2 bridgehead atoms. The average molecular weight is 497 g/mol. The molecule has 37 heavy (non-hydrogen) atoms. The molecule has 4 atom stereocenters. The van der Waals surface area contributed by atoms with Crippen LogP contribution >= 0.6 is 0 Å². The molecule has 0 radical (unpaired) electrons. The van der Waals surface area contributed by atoms with Gasteiger partial charge in [-0.1, -0.05) is 91.0 Å². The highest BCUT2D eigenvalue weighted by Gasteiger charge is 2.57. The van der Waals surface area contributed by atoms with Crippen LogP contribution in [-0.4, -0.2) is 43.2 Å². The minimum atomic E-state index is -0.818. The molecular formula is C34H42NO2+. The number of quaternary nitrogens is 1. The zero-order valence-corrected chi connectivity index (χ0v) is 22.7. The van der Waals surface area contributed by atoms with Crippen molar-refractivity contribution in [2.75, 3.05) is 20.6 Å². The van der Waals surface area contributed by atoms with Crippen LogP contribution in [0.5, 0.6) is 0 Å². The molecule has 0 heterocycles. The van der Waals surface area contributed by atoms with E-state index in [4.69, 9.17) is 4.74 Å². The van der Waals surface area contributed by atoms with Gasteiger partial charge in [0, 0.05) is 18.3 Å². The predicted molar refractivity (Wildman–Crippen MR) is 150 cm³/mol. The van der Waals surface area contributed by atoms with Crippen LogP contribution in [0.4, 0.5) is 0 Å². The summed E-state index contributed by atoms with van der Waals surface area (Å²) in [7, 11) is 4.79. The molecule has 0 aromatic heterocycles. The zero-order chi connectivity index (χ0) is 25.9. The molecule has 2 fully saturated rings. The van der Waals surface area contributed by atoms with Gasteiger partial charge < -0.3 is 9.22 Å². The fourth-order valence-corrected chi connectivity index (χ4v) is 7.07. The maximum atomic E-state index is 14.0. The number of unbranched alkanes of at least 4 members (excludes halogenated alkanes) is 1. The molecule has 0 spiro atoms. The molecule has 3 nitrogen and oxygen atoms in total. The monoisotopic (exact) mass is 496 g/mol. The number of esters is 1. The van der Waals surface area contributed by atoms with E-state index in [0.717, 1.165) is 22.0 Å². The highest BCUT2D eigenvalue weighted by atomic mass is 16.5. The van der Waals surface area contributed by atoms with E-state index in [-0.39, 0.29) is 12.1 Å². The van der Waals surface area contributed by atoms with Crippen LogP contribution in [0.15, 0.2) is 91.0 Å². The summed E-state index contributed by atoms with van der Waals surface area (Å²) in [5.74, 6) is 0.825. The maximum Gasteiger partial charge on any atom is 0.321 e. The van der Waals surface area contributed by atoms with Crippen molar-refractivity contribution in [1.82, 2.24) is 0 Å². The second-order valence-electron chi connectivity index (χ2n) is 12.0. The number of nitrogens with zero attached hydrogens (tertiary/aromatic N) is 1. The lowest BCUT2D eigenvalue weighted by Gasteiger charge is -2.40. The van der Waals surface area contributed by atoms with Gasteiger partial charge >= 0.3 is 5.97 Å². The van der Waals surface area contributed by atoms with Crippen molar-refractivity contribution in [3.05, 3.63) is 108 Å². The van der Waals surface area contributed by atoms with Crippen molar-refractivity contribution in [2.24, 2.45) is 11.8 Å². The van der Waals surface area contributed by atoms with Gasteiger partial charge in [-0.25, -0.2) is 0 Å². The number of carbonyl (C=O) groups excluding carboxylic acids is 1. The van der Waals surface area contributed by atoms with Crippen molar-refractivity contribution >= 4 is 5.97 Å². The number of hydrogen-bond acceptors (Lipinski definition) is 2. The first-order chi connectivity index (χ1) is 17.9. The molecule has 0 N–H and O–H groups in total. The Morgan fingerprint density at radius 3 is 2.00 bits per heavy atom. The summed E-state index contributed by atoms with van der Waals surface area (Å²) in [6, 6.07) is 31.6. The second kappa shape index (κ2) is 10.8. The van der Waals surface area contributed by atoms with E-state index in [1.54, 1.807) is 0 Å². The van der Waals surface area contributed by atoms with Crippen molar-refractivity contribution in [1.29, 1.82) is 0 Å². The Kier molecular flexibility index (Phi) is 7.53. The first-order valence-electron chi connectivity index (χ1n) is 14.1. The Bertz CT molecular complexity index is 1120. The number of aryl methyl sites for hydroxylation is 1. The molecular weight excluding hydrogens is 454 g/mol. The Morgan fingerprint density at radius 1 is 0.838 bits per heavy atom. The van der Waals surface area contributed by atoms with Gasteiger partial charge in [-0.15, -0.1) is 0 Å². The molecule has 5 rings (SSSR count). The summed E-state index contributed by atoms with van der Waals surface area (Å²) < 4.78 is 7.56. The first kappa shape index (κ1) is 25.7. The number of carbonyl (C=O) groups is 1. The van der Waals surface area contributed by atoms with E-state index in [1.165, 1.54) is 44.2 Å². The SMILES string of the molecule is CC(C(=O)OC1C2CCC1C([N+](C)(C)CCCCc1ccccc1)C2)(c1ccccc1)c1ccccc1. The van der Waals surface area contributed by atoms with Crippen molar-refractivity contribution in [3.8, 4) is 0 Å². The van der Waals surface area contributed by atoms with Gasteiger partial charge in [0.15, 0.2) is 0 Å². The standard InChI is InChI=1S/C34H42NO2/c1-34(28-18-9-5-10-19-28,29-20-11-6-12-21-29)33(36)37-32-27-22-23-30(32)31(25-27)35(2,3)24-14-13-17-26-15-7-4-8-16-26/h4-12,15-16,18-21,27,30-32H,13-14,17,22-25H2,1-3H3/q+1. The number of ether oxygens (including phenoxy) is 1. The molecule has 2 aliphatic rings. The summed E-state index contributed by atoms with van der Waals surface area (Å²) in [6.07, 6.45) is 7.15. The first-order valence-corrected chi connectivity index (χ1v) is 14.1. The number of hydrogen-bond donors (Lipinski definition) is 0. The third-order valence-electron chi connectivity index (χ3n) is 9.34. The van der Waals surface area contributed by atoms with E-state index >= 15 is 0 Å². The molecule has 194 valence electrons. The fraction of sp³-hybridized carbons (Fsp3) is 0.441. The normalized spacial score (nSPS) is 23.2. The number of fused-ring (bicyclic) bond motifs is 2. The smallest absolute Gasteiger partial charge is 0.321 e. The van der Waals surface area contributed by atoms with E-state index in [0.29, 0.717) is 17.9 Å². The van der Waals surface area contributed by atoms with Crippen LogP contribution in [0.3, 0.4) is 0 Å². The molecule has 4 unspecified atom stereocenters. The Morgan fingerprint density at radius 2 is 1.41 bits per heavy atom. The van der Waals surface area contributed by atoms with Crippen LogP contribution in [0.1, 0.15) is 55.7 Å². The third kappa shape index (κ3) is 5.25. The zero-order valence-electron chi connectivity index (χ0n) is 22.7. The van der Waals surface area contributed by atoms with E-state index in [9.17, 15) is 4.79 Å². The molecule has 3 heteroatoms. The highest BCUT2D eigenvalue weighted by Crippen LogP contribution is 2.50. The maximum absolute atomic E-state index is 14.0. The summed E-state index contributed by atoms with van der Waals surface area (Å²) in [5.41, 5.74) is 2.59. The predicted octanol–water partition coefficient (Wildman–Crippen LogP) is 6.80. The van der Waals surface area contributed by atoms with Gasteiger partial charge in [0.25, 0.3) is 0 Å². The van der Waals surface area contributed by atoms with Crippen LogP contribution in [0.2, 0.25) is 0 Å². The van der Waals surface area contributed by atoms with Crippen LogP contribution in [0.25, 0.3) is 0 Å². The van der Waals surface area contributed by atoms with Crippen LogP contribution in [0, 0.1) is 11.8 Å². The average Bonchev–Trinajstić information content (AvgIpc) is 3.49. The van der Waals surface area contributed by atoms with Crippen LogP contribution < -0.4 is 0 Å².